The van der Waals surface area contributed by atoms with Crippen molar-refractivity contribution in [3.63, 3.8) is 0 Å². The van der Waals surface area contributed by atoms with Crippen LogP contribution < -0.4 is 4.90 Å². The number of nitriles is 1. The molecule has 1 aliphatic rings. The van der Waals surface area contributed by atoms with Crippen LogP contribution in [0.3, 0.4) is 0 Å². The highest BCUT2D eigenvalue weighted by Crippen LogP contribution is 2.16. The van der Waals surface area contributed by atoms with Crippen LogP contribution in [0, 0.1) is 17.2 Å². The molecule has 1 fully saturated rings. The summed E-state index contributed by atoms with van der Waals surface area (Å²) in [5.41, 5.74) is 0.721. The van der Waals surface area contributed by atoms with Gasteiger partial charge in [0.2, 0.25) is 11.8 Å². The van der Waals surface area contributed by atoms with Crippen molar-refractivity contribution in [1.29, 1.82) is 5.26 Å². The van der Waals surface area contributed by atoms with Crippen LogP contribution in [0.25, 0.3) is 0 Å². The second-order valence-electron chi connectivity index (χ2n) is 7.63. The van der Waals surface area contributed by atoms with Crippen molar-refractivity contribution >= 4 is 23.6 Å². The number of rotatable bonds is 8. The second-order valence-corrected chi connectivity index (χ2v) is 7.63. The number of hydrogen-bond donors (Lipinski definition) is 0. The Hall–Kier alpha value is -3.08. The summed E-state index contributed by atoms with van der Waals surface area (Å²) in [7, 11) is 0. The summed E-state index contributed by atoms with van der Waals surface area (Å²) in [6, 6.07) is 11.2. The second kappa shape index (κ2) is 11.8. The highest BCUT2D eigenvalue weighted by Gasteiger charge is 2.26. The minimum absolute atomic E-state index is 0.0792. The molecule has 0 bridgehead atoms. The van der Waals surface area contributed by atoms with E-state index >= 15 is 0 Å². The molecule has 1 heterocycles. The van der Waals surface area contributed by atoms with E-state index in [1.165, 1.54) is 0 Å². The lowest BCUT2D eigenvalue weighted by molar-refractivity contribution is -0.134. The molecular formula is C22H30N4O4. The van der Waals surface area contributed by atoms with Gasteiger partial charge in [0.1, 0.15) is 0 Å². The third-order valence-corrected chi connectivity index (χ3v) is 4.80. The molecule has 1 aromatic carbocycles. The predicted molar refractivity (Wildman–Crippen MR) is 113 cm³/mol. The van der Waals surface area contributed by atoms with Crippen molar-refractivity contribution in [2.75, 3.05) is 44.2 Å². The number of para-hydroxylation sites is 1. The van der Waals surface area contributed by atoms with Crippen molar-refractivity contribution < 1.29 is 19.1 Å². The van der Waals surface area contributed by atoms with Crippen LogP contribution in [-0.2, 0) is 14.3 Å². The number of hydrogen-bond acceptors (Lipinski definition) is 5. The van der Waals surface area contributed by atoms with Crippen molar-refractivity contribution in [2.24, 2.45) is 5.92 Å². The summed E-state index contributed by atoms with van der Waals surface area (Å²) in [5.74, 6) is -0.00879. The van der Waals surface area contributed by atoms with Gasteiger partial charge < -0.3 is 19.4 Å². The van der Waals surface area contributed by atoms with Gasteiger partial charge in [0, 0.05) is 51.3 Å². The normalized spacial score (nSPS) is 13.7. The monoisotopic (exact) mass is 414 g/mol. The van der Waals surface area contributed by atoms with E-state index in [1.54, 1.807) is 14.7 Å². The van der Waals surface area contributed by atoms with Crippen molar-refractivity contribution in [2.45, 2.75) is 33.1 Å². The first-order chi connectivity index (χ1) is 14.4. The Bertz CT molecular complexity index is 752. The number of anilines is 1. The minimum atomic E-state index is -0.345. The molecule has 0 saturated carbocycles. The molecule has 8 nitrogen and oxygen atoms in total. The van der Waals surface area contributed by atoms with Gasteiger partial charge in [-0.25, -0.2) is 4.79 Å². The zero-order valence-corrected chi connectivity index (χ0v) is 17.7. The third kappa shape index (κ3) is 7.07. The molecule has 1 saturated heterocycles. The van der Waals surface area contributed by atoms with Crippen LogP contribution in [0.15, 0.2) is 30.3 Å². The SMILES string of the molecule is CC(C)COC(=O)N1CCN(C(=O)CCC(=O)N(CCC#N)c2ccccc2)CC1. The summed E-state index contributed by atoms with van der Waals surface area (Å²) < 4.78 is 5.23. The van der Waals surface area contributed by atoms with Gasteiger partial charge >= 0.3 is 6.09 Å². The van der Waals surface area contributed by atoms with Crippen LogP contribution in [-0.4, -0.2) is 67.0 Å². The molecule has 0 N–H and O–H groups in total. The molecule has 0 aliphatic carbocycles. The molecule has 1 aliphatic heterocycles. The molecule has 0 atom stereocenters. The standard InChI is InChI=1S/C22H30N4O4/c1-18(2)17-30-22(29)25-15-13-24(14-16-25)20(27)9-10-21(28)26(12-6-11-23)19-7-4-3-5-8-19/h3-5,7-8,18H,6,9-10,12-17H2,1-2H3. The van der Waals surface area contributed by atoms with E-state index in [4.69, 9.17) is 10.00 Å². The topological polar surface area (TPSA) is 93.9 Å². The number of nitrogens with zero attached hydrogens (tertiary/aromatic N) is 4. The molecule has 0 spiro atoms. The van der Waals surface area contributed by atoms with Gasteiger partial charge in [-0.05, 0) is 18.1 Å². The average molecular weight is 415 g/mol. The van der Waals surface area contributed by atoms with Crippen LogP contribution in [0.1, 0.15) is 33.1 Å². The predicted octanol–water partition coefficient (Wildman–Crippen LogP) is 2.65. The van der Waals surface area contributed by atoms with Gasteiger partial charge in [-0.15, -0.1) is 0 Å². The number of benzene rings is 1. The minimum Gasteiger partial charge on any atom is -0.449 e. The van der Waals surface area contributed by atoms with Crippen LogP contribution in [0.4, 0.5) is 10.5 Å². The maximum absolute atomic E-state index is 12.7. The highest BCUT2D eigenvalue weighted by atomic mass is 16.6. The fourth-order valence-corrected chi connectivity index (χ4v) is 3.14. The zero-order valence-electron chi connectivity index (χ0n) is 17.7. The average Bonchev–Trinajstić information content (AvgIpc) is 2.76. The number of carbonyl (C=O) groups is 3. The smallest absolute Gasteiger partial charge is 0.409 e. The quantitative estimate of drug-likeness (QED) is 0.652. The maximum Gasteiger partial charge on any atom is 0.409 e. The Morgan fingerprint density at radius 1 is 1.07 bits per heavy atom. The highest BCUT2D eigenvalue weighted by molar-refractivity contribution is 5.95. The molecule has 0 unspecified atom stereocenters. The molecule has 3 amide bonds. The summed E-state index contributed by atoms with van der Waals surface area (Å²) in [6.07, 6.45) is 0.0631. The first-order valence-electron chi connectivity index (χ1n) is 10.3. The van der Waals surface area contributed by atoms with Crippen LogP contribution >= 0.6 is 0 Å². The van der Waals surface area contributed by atoms with Crippen LogP contribution in [0.5, 0.6) is 0 Å². The number of ether oxygens (including phenoxy) is 1. The van der Waals surface area contributed by atoms with E-state index in [0.717, 1.165) is 5.69 Å². The van der Waals surface area contributed by atoms with Gasteiger partial charge in [0.15, 0.2) is 0 Å². The van der Waals surface area contributed by atoms with E-state index in [0.29, 0.717) is 39.3 Å². The largest absolute Gasteiger partial charge is 0.449 e. The molecule has 2 rings (SSSR count). The number of carbonyl (C=O) groups excluding carboxylic acids is 3. The molecule has 30 heavy (non-hydrogen) atoms. The Morgan fingerprint density at radius 3 is 2.30 bits per heavy atom. The van der Waals surface area contributed by atoms with Gasteiger partial charge in [-0.1, -0.05) is 32.0 Å². The van der Waals surface area contributed by atoms with Gasteiger partial charge in [0.05, 0.1) is 19.1 Å². The van der Waals surface area contributed by atoms with E-state index < -0.39 is 0 Å². The first kappa shape index (κ1) is 23.2. The van der Waals surface area contributed by atoms with Crippen molar-refractivity contribution in [3.05, 3.63) is 30.3 Å². The van der Waals surface area contributed by atoms with Crippen molar-refractivity contribution in [3.8, 4) is 6.07 Å². The third-order valence-electron chi connectivity index (χ3n) is 4.80. The van der Waals surface area contributed by atoms with E-state index in [1.807, 2.05) is 44.2 Å². The van der Waals surface area contributed by atoms with Gasteiger partial charge in [0.25, 0.3) is 0 Å². The Labute approximate surface area is 178 Å². The maximum atomic E-state index is 12.7. The lowest BCUT2D eigenvalue weighted by atomic mass is 10.2. The summed E-state index contributed by atoms with van der Waals surface area (Å²) in [6.45, 7) is 6.34. The van der Waals surface area contributed by atoms with E-state index in [9.17, 15) is 14.4 Å². The fraction of sp³-hybridized carbons (Fsp3) is 0.545. The fourth-order valence-electron chi connectivity index (χ4n) is 3.14. The van der Waals surface area contributed by atoms with E-state index in [2.05, 4.69) is 6.07 Å². The molecule has 1 aromatic rings. The first-order valence-corrected chi connectivity index (χ1v) is 10.3. The van der Waals surface area contributed by atoms with Gasteiger partial charge in [-0.3, -0.25) is 9.59 Å². The van der Waals surface area contributed by atoms with Gasteiger partial charge in [-0.2, -0.15) is 5.26 Å². The Kier molecular flexibility index (Phi) is 9.13. The van der Waals surface area contributed by atoms with Crippen LogP contribution in [0.2, 0.25) is 0 Å². The summed E-state index contributed by atoms with van der Waals surface area (Å²) in [5, 5.41) is 8.87. The van der Waals surface area contributed by atoms with Crippen molar-refractivity contribution in [1.82, 2.24) is 9.80 Å². The molecule has 0 aromatic heterocycles. The molecular weight excluding hydrogens is 384 g/mol. The lowest BCUT2D eigenvalue weighted by Gasteiger charge is -2.34. The molecule has 162 valence electrons. The number of piperazine rings is 1. The zero-order chi connectivity index (χ0) is 21.9. The number of amides is 3. The Balaban J connectivity index is 1.81. The summed E-state index contributed by atoms with van der Waals surface area (Å²) in [4.78, 5) is 42.1. The molecule has 0 radical (unpaired) electrons. The summed E-state index contributed by atoms with van der Waals surface area (Å²) >= 11 is 0. The molecule has 8 heteroatoms. The lowest BCUT2D eigenvalue weighted by Crippen LogP contribution is -2.51. The van der Waals surface area contributed by atoms with E-state index in [-0.39, 0.29) is 43.1 Å². The Morgan fingerprint density at radius 2 is 1.70 bits per heavy atom.